The number of nitrogens with zero attached hydrogens (tertiary/aromatic N) is 3. The second kappa shape index (κ2) is 7.84. The summed E-state index contributed by atoms with van der Waals surface area (Å²) in [6, 6.07) is 5.72. The van der Waals surface area contributed by atoms with Crippen molar-refractivity contribution in [2.75, 3.05) is 12.4 Å². The minimum atomic E-state index is -0.503. The number of ether oxygens (including phenoxy) is 1. The number of aromatic nitrogens is 2. The van der Waals surface area contributed by atoms with Gasteiger partial charge in [-0.25, -0.2) is 0 Å². The Labute approximate surface area is 154 Å². The summed E-state index contributed by atoms with van der Waals surface area (Å²) in [7, 11) is 1.70. The molecule has 2 aromatic rings. The Morgan fingerprint density at radius 2 is 2.08 bits per heavy atom. The summed E-state index contributed by atoms with van der Waals surface area (Å²) in [5, 5.41) is 18.2. The number of benzene rings is 1. The molecule has 1 heterocycles. The molecule has 26 heavy (non-hydrogen) atoms. The number of hydrogen-bond donors (Lipinski definition) is 1. The van der Waals surface area contributed by atoms with Crippen molar-refractivity contribution in [3.05, 3.63) is 56.0 Å². The Balaban J connectivity index is 1.82. The molecular formula is C17H19ClN4O4. The maximum absolute atomic E-state index is 12.5. The van der Waals surface area contributed by atoms with Gasteiger partial charge in [0.2, 0.25) is 0 Å². The first-order chi connectivity index (χ1) is 12.5. The molecule has 0 aliphatic heterocycles. The molecule has 2 atom stereocenters. The molecule has 138 valence electrons. The van der Waals surface area contributed by atoms with Gasteiger partial charge in [0.15, 0.2) is 0 Å². The normalized spacial score (nSPS) is 19.9. The highest BCUT2D eigenvalue weighted by molar-refractivity contribution is 6.32. The van der Waals surface area contributed by atoms with Gasteiger partial charge in [-0.3, -0.25) is 14.9 Å². The van der Waals surface area contributed by atoms with E-state index in [0.717, 1.165) is 30.4 Å². The van der Waals surface area contributed by atoms with Crippen molar-refractivity contribution in [2.45, 2.75) is 37.8 Å². The van der Waals surface area contributed by atoms with Gasteiger partial charge in [-0.05, 0) is 37.8 Å². The lowest BCUT2D eigenvalue weighted by molar-refractivity contribution is -0.384. The summed E-state index contributed by atoms with van der Waals surface area (Å²) >= 11 is 6.24. The zero-order valence-corrected chi connectivity index (χ0v) is 15.0. The highest BCUT2D eigenvalue weighted by Crippen LogP contribution is 2.26. The first-order valence-electron chi connectivity index (χ1n) is 8.31. The average molecular weight is 379 g/mol. The summed E-state index contributed by atoms with van der Waals surface area (Å²) in [5.41, 5.74) is 0.351. The third kappa shape index (κ3) is 3.86. The minimum Gasteiger partial charge on any atom is -0.381 e. The van der Waals surface area contributed by atoms with E-state index in [-0.39, 0.29) is 22.9 Å². The average Bonchev–Trinajstić information content (AvgIpc) is 2.66. The maximum atomic E-state index is 12.5. The van der Waals surface area contributed by atoms with Crippen molar-refractivity contribution in [1.29, 1.82) is 0 Å². The number of hydrogen-bond acceptors (Lipinski definition) is 6. The third-order valence-electron chi connectivity index (χ3n) is 4.54. The standard InChI is InChI=1S/C17H19ClN4O4/c1-26-14-4-2-3-11(9-14)20-15-10-19-21(17(23)16(15)18)12-5-7-13(8-6-12)22(24)25/h5-8,10-11,14,20H,2-4,9H2,1H3. The first kappa shape index (κ1) is 18.3. The molecule has 9 heteroatoms. The van der Waals surface area contributed by atoms with E-state index in [1.165, 1.54) is 30.5 Å². The van der Waals surface area contributed by atoms with Gasteiger partial charge < -0.3 is 10.1 Å². The van der Waals surface area contributed by atoms with Crippen molar-refractivity contribution in [3.63, 3.8) is 0 Å². The molecule has 0 amide bonds. The van der Waals surface area contributed by atoms with E-state index in [4.69, 9.17) is 16.3 Å². The lowest BCUT2D eigenvalue weighted by Crippen LogP contribution is -2.32. The van der Waals surface area contributed by atoms with E-state index < -0.39 is 10.5 Å². The largest absolute Gasteiger partial charge is 0.381 e. The van der Waals surface area contributed by atoms with Crippen LogP contribution < -0.4 is 10.9 Å². The van der Waals surface area contributed by atoms with E-state index >= 15 is 0 Å². The Bertz CT molecular complexity index is 853. The third-order valence-corrected chi connectivity index (χ3v) is 4.91. The fraction of sp³-hybridized carbons (Fsp3) is 0.412. The van der Waals surface area contributed by atoms with Gasteiger partial charge in [0.05, 0.1) is 28.6 Å². The number of anilines is 1. The summed E-state index contributed by atoms with van der Waals surface area (Å²) in [6.45, 7) is 0. The molecule has 0 saturated heterocycles. The van der Waals surface area contributed by atoms with Crippen molar-refractivity contribution in [3.8, 4) is 5.69 Å². The van der Waals surface area contributed by atoms with Gasteiger partial charge in [-0.15, -0.1) is 0 Å². The van der Waals surface area contributed by atoms with Crippen LogP contribution in [0.2, 0.25) is 5.02 Å². The Morgan fingerprint density at radius 3 is 2.73 bits per heavy atom. The molecule has 8 nitrogen and oxygen atoms in total. The van der Waals surface area contributed by atoms with Gasteiger partial charge in [-0.1, -0.05) is 11.6 Å². The quantitative estimate of drug-likeness (QED) is 0.633. The molecule has 1 N–H and O–H groups in total. The van der Waals surface area contributed by atoms with Crippen LogP contribution in [0.4, 0.5) is 11.4 Å². The van der Waals surface area contributed by atoms with E-state index in [2.05, 4.69) is 10.4 Å². The zero-order chi connectivity index (χ0) is 18.7. The van der Waals surface area contributed by atoms with Crippen LogP contribution in [0, 0.1) is 10.1 Å². The predicted molar refractivity (Wildman–Crippen MR) is 98.2 cm³/mol. The number of halogens is 1. The smallest absolute Gasteiger partial charge is 0.292 e. The summed E-state index contributed by atoms with van der Waals surface area (Å²) in [6.07, 6.45) is 5.60. The molecule has 1 aromatic carbocycles. The molecule has 1 aliphatic rings. The SMILES string of the molecule is COC1CCCC(Nc2cnn(-c3ccc([N+](=O)[O-])cc3)c(=O)c2Cl)C1. The van der Waals surface area contributed by atoms with Crippen molar-refractivity contribution < 1.29 is 9.66 Å². The zero-order valence-electron chi connectivity index (χ0n) is 14.2. The molecule has 0 radical (unpaired) electrons. The fourth-order valence-corrected chi connectivity index (χ4v) is 3.33. The van der Waals surface area contributed by atoms with Crippen molar-refractivity contribution >= 4 is 23.0 Å². The molecule has 1 fully saturated rings. The molecular weight excluding hydrogens is 360 g/mol. The summed E-state index contributed by atoms with van der Waals surface area (Å²) < 4.78 is 6.54. The van der Waals surface area contributed by atoms with Crippen LogP contribution in [-0.4, -0.2) is 34.0 Å². The van der Waals surface area contributed by atoms with Crippen LogP contribution >= 0.6 is 11.6 Å². The lowest BCUT2D eigenvalue weighted by atomic mass is 9.93. The number of rotatable bonds is 5. The monoisotopic (exact) mass is 378 g/mol. The number of non-ortho nitro benzene ring substituents is 1. The predicted octanol–water partition coefficient (Wildman–Crippen LogP) is 3.16. The highest BCUT2D eigenvalue weighted by atomic mass is 35.5. The van der Waals surface area contributed by atoms with Crippen LogP contribution in [-0.2, 0) is 4.74 Å². The lowest BCUT2D eigenvalue weighted by Gasteiger charge is -2.29. The summed E-state index contributed by atoms with van der Waals surface area (Å²) in [4.78, 5) is 22.8. The van der Waals surface area contributed by atoms with E-state index in [0.29, 0.717) is 11.4 Å². The molecule has 0 bridgehead atoms. The second-order valence-corrected chi connectivity index (χ2v) is 6.61. The Morgan fingerprint density at radius 1 is 1.35 bits per heavy atom. The molecule has 0 spiro atoms. The summed E-state index contributed by atoms with van der Waals surface area (Å²) in [5.74, 6) is 0. The topological polar surface area (TPSA) is 99.3 Å². The number of nitro groups is 1. The first-order valence-corrected chi connectivity index (χ1v) is 8.69. The second-order valence-electron chi connectivity index (χ2n) is 6.23. The van der Waals surface area contributed by atoms with Gasteiger partial charge in [0.25, 0.3) is 11.2 Å². The van der Waals surface area contributed by atoms with Crippen molar-refractivity contribution in [2.24, 2.45) is 0 Å². The van der Waals surface area contributed by atoms with Crippen molar-refractivity contribution in [1.82, 2.24) is 9.78 Å². The molecule has 1 aromatic heterocycles. The molecule has 1 saturated carbocycles. The van der Waals surface area contributed by atoms with E-state index in [1.807, 2.05) is 0 Å². The maximum Gasteiger partial charge on any atom is 0.292 e. The Hall–Kier alpha value is -2.45. The molecule has 3 rings (SSSR count). The van der Waals surface area contributed by atoms with Gasteiger partial charge in [0, 0.05) is 25.3 Å². The molecule has 2 unspecified atom stereocenters. The van der Waals surface area contributed by atoms with Crippen LogP contribution in [0.5, 0.6) is 0 Å². The van der Waals surface area contributed by atoms with Gasteiger partial charge >= 0.3 is 0 Å². The number of methoxy groups -OCH3 is 1. The van der Waals surface area contributed by atoms with Gasteiger partial charge in [-0.2, -0.15) is 9.78 Å². The van der Waals surface area contributed by atoms with Crippen LogP contribution in [0.25, 0.3) is 5.69 Å². The van der Waals surface area contributed by atoms with E-state index in [9.17, 15) is 14.9 Å². The van der Waals surface area contributed by atoms with Gasteiger partial charge in [0.1, 0.15) is 5.02 Å². The van der Waals surface area contributed by atoms with Crippen LogP contribution in [0.3, 0.4) is 0 Å². The number of nitro benzene ring substituents is 1. The Kier molecular flexibility index (Phi) is 5.53. The van der Waals surface area contributed by atoms with Crippen LogP contribution in [0.15, 0.2) is 35.3 Å². The highest BCUT2D eigenvalue weighted by Gasteiger charge is 2.23. The van der Waals surface area contributed by atoms with E-state index in [1.54, 1.807) is 7.11 Å². The number of nitrogens with one attached hydrogen (secondary N) is 1. The fourth-order valence-electron chi connectivity index (χ4n) is 3.14. The molecule has 1 aliphatic carbocycles. The van der Waals surface area contributed by atoms with Crippen LogP contribution in [0.1, 0.15) is 25.7 Å². The minimum absolute atomic E-state index is 0.0397.